The van der Waals surface area contributed by atoms with Gasteiger partial charge in [-0.3, -0.25) is 0 Å². The van der Waals surface area contributed by atoms with Gasteiger partial charge in [-0.2, -0.15) is 11.1 Å². The molecule has 0 saturated carbocycles. The fraction of sp³-hybridized carbons (Fsp3) is 1.00. The maximum absolute atomic E-state index is 6.77. The quantitative estimate of drug-likeness (QED) is 0.468. The SMILES string of the molecule is CC(C)C(C(C)C)[Si](C)(Cl)C(C)C. The molecule has 0 fully saturated rings. The lowest BCUT2D eigenvalue weighted by Gasteiger charge is -2.38. The van der Waals surface area contributed by atoms with Gasteiger partial charge in [-0.1, -0.05) is 48.1 Å². The molecule has 0 aliphatic carbocycles. The van der Waals surface area contributed by atoms with Crippen molar-refractivity contribution in [2.24, 2.45) is 11.8 Å². The van der Waals surface area contributed by atoms with Gasteiger partial charge < -0.3 is 0 Å². The molecule has 0 rings (SSSR count). The number of hydrogen-bond acceptors (Lipinski definition) is 0. The van der Waals surface area contributed by atoms with Crippen LogP contribution < -0.4 is 0 Å². The third-order valence-corrected chi connectivity index (χ3v) is 10.2. The van der Waals surface area contributed by atoms with Crippen molar-refractivity contribution in [1.82, 2.24) is 0 Å². The molecular weight excluding hydrogens is 196 g/mol. The molecule has 0 aromatic rings. The Labute approximate surface area is 89.8 Å². The minimum Gasteiger partial charge on any atom is -0.167 e. The van der Waals surface area contributed by atoms with E-state index in [1.54, 1.807) is 0 Å². The van der Waals surface area contributed by atoms with E-state index < -0.39 is 7.38 Å². The van der Waals surface area contributed by atoms with Crippen molar-refractivity contribution in [3.63, 3.8) is 0 Å². The number of rotatable bonds is 4. The van der Waals surface area contributed by atoms with E-state index in [4.69, 9.17) is 11.1 Å². The zero-order chi connectivity index (χ0) is 10.8. The van der Waals surface area contributed by atoms with Crippen molar-refractivity contribution in [2.45, 2.75) is 59.2 Å². The molecule has 1 atom stereocenters. The summed E-state index contributed by atoms with van der Waals surface area (Å²) in [4.78, 5) is 0. The number of halogens is 1. The molecule has 80 valence electrons. The van der Waals surface area contributed by atoms with Gasteiger partial charge in [-0.25, -0.2) is 0 Å². The van der Waals surface area contributed by atoms with Gasteiger partial charge in [0.2, 0.25) is 0 Å². The Balaban J connectivity index is 4.73. The van der Waals surface area contributed by atoms with E-state index in [0.29, 0.717) is 5.54 Å². The van der Waals surface area contributed by atoms with E-state index >= 15 is 0 Å². The fourth-order valence-corrected chi connectivity index (χ4v) is 7.35. The molecule has 0 N–H and O–H groups in total. The summed E-state index contributed by atoms with van der Waals surface area (Å²) in [6.07, 6.45) is 0. The Morgan fingerprint density at radius 1 is 0.846 bits per heavy atom. The molecule has 1 unspecified atom stereocenters. The van der Waals surface area contributed by atoms with Crippen LogP contribution in [0.4, 0.5) is 0 Å². The minimum atomic E-state index is -1.56. The molecule has 0 nitrogen and oxygen atoms in total. The second kappa shape index (κ2) is 4.84. The molecule has 0 aliphatic rings. The monoisotopic (exact) mass is 220 g/mol. The summed E-state index contributed by atoms with van der Waals surface area (Å²) >= 11 is 6.77. The Kier molecular flexibility index (Phi) is 5.02. The van der Waals surface area contributed by atoms with Crippen molar-refractivity contribution in [1.29, 1.82) is 0 Å². The van der Waals surface area contributed by atoms with Crippen LogP contribution in [0.2, 0.25) is 17.6 Å². The van der Waals surface area contributed by atoms with E-state index in [2.05, 4.69) is 48.1 Å². The van der Waals surface area contributed by atoms with E-state index in [9.17, 15) is 0 Å². The second-order valence-electron chi connectivity index (χ2n) is 5.32. The Bertz CT molecular complexity index is 142. The first-order chi connectivity index (χ1) is 5.71. The molecule has 0 heterocycles. The lowest BCUT2D eigenvalue weighted by atomic mass is 10.00. The Hall–Kier alpha value is 0.507. The average Bonchev–Trinajstić information content (AvgIpc) is 1.82. The summed E-state index contributed by atoms with van der Waals surface area (Å²) in [5.41, 5.74) is 1.40. The lowest BCUT2D eigenvalue weighted by Crippen LogP contribution is -2.38. The van der Waals surface area contributed by atoms with E-state index in [1.165, 1.54) is 0 Å². The van der Waals surface area contributed by atoms with Crippen molar-refractivity contribution in [3.05, 3.63) is 0 Å². The van der Waals surface area contributed by atoms with Crippen LogP contribution in [0.1, 0.15) is 41.5 Å². The Morgan fingerprint density at radius 3 is 1.23 bits per heavy atom. The Morgan fingerprint density at radius 2 is 1.15 bits per heavy atom. The van der Waals surface area contributed by atoms with Gasteiger partial charge in [0.1, 0.15) is 0 Å². The van der Waals surface area contributed by atoms with Crippen molar-refractivity contribution in [3.8, 4) is 0 Å². The minimum absolute atomic E-state index is 0.670. The zero-order valence-corrected chi connectivity index (χ0v) is 11.9. The van der Waals surface area contributed by atoms with Crippen molar-refractivity contribution in [2.75, 3.05) is 0 Å². The molecule has 0 bridgehead atoms. The normalized spacial score (nSPS) is 17.5. The third kappa shape index (κ3) is 3.28. The molecule has 13 heavy (non-hydrogen) atoms. The molecular formula is C11H25ClSi. The molecule has 0 aromatic heterocycles. The average molecular weight is 221 g/mol. The largest absolute Gasteiger partial charge is 0.167 e. The fourth-order valence-electron chi connectivity index (χ4n) is 2.46. The number of hydrogen-bond donors (Lipinski definition) is 0. The van der Waals surface area contributed by atoms with E-state index in [1.807, 2.05) is 0 Å². The third-order valence-electron chi connectivity index (χ3n) is 3.22. The summed E-state index contributed by atoms with van der Waals surface area (Å²) in [5, 5.41) is 0. The van der Waals surface area contributed by atoms with Crippen LogP contribution in [0.25, 0.3) is 0 Å². The smallest absolute Gasteiger partial charge is 0.159 e. The lowest BCUT2D eigenvalue weighted by molar-refractivity contribution is 0.452. The molecule has 0 aliphatic heterocycles. The van der Waals surface area contributed by atoms with Gasteiger partial charge in [0, 0.05) is 0 Å². The first kappa shape index (κ1) is 13.5. The highest BCUT2D eigenvalue weighted by Gasteiger charge is 2.41. The molecule has 0 amide bonds. The van der Waals surface area contributed by atoms with Gasteiger partial charge >= 0.3 is 0 Å². The van der Waals surface area contributed by atoms with Gasteiger partial charge in [0.25, 0.3) is 0 Å². The van der Waals surface area contributed by atoms with Crippen LogP contribution in [-0.4, -0.2) is 7.38 Å². The van der Waals surface area contributed by atoms with Crippen molar-refractivity contribution >= 4 is 18.5 Å². The van der Waals surface area contributed by atoms with Crippen LogP contribution in [0.5, 0.6) is 0 Å². The predicted octanol–water partition coefficient (Wildman–Crippen LogP) is 4.89. The topological polar surface area (TPSA) is 0 Å². The first-order valence-electron chi connectivity index (χ1n) is 5.40. The molecule has 0 saturated heterocycles. The highest BCUT2D eigenvalue weighted by molar-refractivity contribution is 7.21. The first-order valence-corrected chi connectivity index (χ1v) is 9.06. The summed E-state index contributed by atoms with van der Waals surface area (Å²) in [6, 6.07) is 0. The standard InChI is InChI=1S/C11H25ClSi/c1-8(2)11(9(3)4)13(7,12)10(5)6/h8-11H,1-7H3. The van der Waals surface area contributed by atoms with E-state index in [0.717, 1.165) is 17.4 Å². The summed E-state index contributed by atoms with van der Waals surface area (Å²) < 4.78 is 0. The molecule has 0 aromatic carbocycles. The van der Waals surface area contributed by atoms with Crippen LogP contribution in [0.15, 0.2) is 0 Å². The van der Waals surface area contributed by atoms with Gasteiger partial charge in [0.05, 0.1) is 0 Å². The van der Waals surface area contributed by atoms with Crippen LogP contribution in [0.3, 0.4) is 0 Å². The maximum Gasteiger partial charge on any atom is 0.159 e. The van der Waals surface area contributed by atoms with Gasteiger partial charge in [0.15, 0.2) is 7.38 Å². The predicted molar refractivity (Wildman–Crippen MR) is 66.0 cm³/mol. The highest BCUT2D eigenvalue weighted by Crippen LogP contribution is 2.45. The van der Waals surface area contributed by atoms with Crippen LogP contribution >= 0.6 is 11.1 Å². The van der Waals surface area contributed by atoms with Crippen molar-refractivity contribution < 1.29 is 0 Å². The van der Waals surface area contributed by atoms with Crippen LogP contribution in [0, 0.1) is 11.8 Å². The molecule has 2 heteroatoms. The molecule has 0 spiro atoms. The zero-order valence-electron chi connectivity index (χ0n) is 10.2. The molecule has 0 radical (unpaired) electrons. The van der Waals surface area contributed by atoms with Crippen LogP contribution in [-0.2, 0) is 0 Å². The summed E-state index contributed by atoms with van der Waals surface area (Å²) in [7, 11) is -1.56. The summed E-state index contributed by atoms with van der Waals surface area (Å²) in [5.74, 6) is 1.44. The summed E-state index contributed by atoms with van der Waals surface area (Å²) in [6.45, 7) is 16.1. The van der Waals surface area contributed by atoms with Gasteiger partial charge in [-0.15, -0.1) is 0 Å². The highest BCUT2D eigenvalue weighted by atomic mass is 35.6. The second-order valence-corrected chi connectivity index (χ2v) is 11.9. The van der Waals surface area contributed by atoms with Gasteiger partial charge in [-0.05, 0) is 22.9 Å². The van der Waals surface area contributed by atoms with E-state index in [-0.39, 0.29) is 0 Å². The maximum atomic E-state index is 6.77.